The summed E-state index contributed by atoms with van der Waals surface area (Å²) < 4.78 is 2.21. The molecule has 84 valence electrons. The second kappa shape index (κ2) is 4.52. The van der Waals surface area contributed by atoms with Gasteiger partial charge >= 0.3 is 0 Å². The van der Waals surface area contributed by atoms with E-state index in [1.165, 1.54) is 11.3 Å². The molecule has 0 N–H and O–H groups in total. The standard InChI is InChI=1S/C14H18N2/c1-11(2)14-10-16(12(3)15-14)9-13-7-5-4-6-8-13/h4-8,10-11H,9H2,1-3H3. The van der Waals surface area contributed by atoms with Gasteiger partial charge in [0.2, 0.25) is 0 Å². The molecule has 0 atom stereocenters. The van der Waals surface area contributed by atoms with Crippen molar-refractivity contribution in [2.75, 3.05) is 0 Å². The van der Waals surface area contributed by atoms with Crippen LogP contribution in [0.25, 0.3) is 0 Å². The summed E-state index contributed by atoms with van der Waals surface area (Å²) in [6.07, 6.45) is 2.16. The van der Waals surface area contributed by atoms with Crippen molar-refractivity contribution in [3.05, 3.63) is 53.6 Å². The maximum Gasteiger partial charge on any atom is 0.106 e. The third-order valence-electron chi connectivity index (χ3n) is 2.78. The molecule has 0 amide bonds. The van der Waals surface area contributed by atoms with E-state index in [2.05, 4.69) is 60.8 Å². The molecule has 0 radical (unpaired) electrons. The molecule has 2 aromatic rings. The van der Waals surface area contributed by atoms with Gasteiger partial charge in [-0.1, -0.05) is 44.2 Å². The van der Waals surface area contributed by atoms with E-state index in [0.29, 0.717) is 5.92 Å². The topological polar surface area (TPSA) is 17.8 Å². The normalized spacial score (nSPS) is 11.0. The minimum absolute atomic E-state index is 0.496. The molecule has 2 nitrogen and oxygen atoms in total. The van der Waals surface area contributed by atoms with E-state index >= 15 is 0 Å². The SMILES string of the molecule is Cc1nc(C(C)C)cn1Cc1ccccc1. The monoisotopic (exact) mass is 214 g/mol. The van der Waals surface area contributed by atoms with E-state index in [1.807, 2.05) is 6.07 Å². The van der Waals surface area contributed by atoms with Gasteiger partial charge in [0.05, 0.1) is 5.69 Å². The van der Waals surface area contributed by atoms with Crippen LogP contribution in [0, 0.1) is 6.92 Å². The van der Waals surface area contributed by atoms with Crippen LogP contribution >= 0.6 is 0 Å². The maximum atomic E-state index is 4.57. The Morgan fingerprint density at radius 1 is 1.19 bits per heavy atom. The third kappa shape index (κ3) is 2.32. The van der Waals surface area contributed by atoms with Gasteiger partial charge in [-0.15, -0.1) is 0 Å². The largest absolute Gasteiger partial charge is 0.330 e. The second-order valence-corrected chi connectivity index (χ2v) is 4.48. The van der Waals surface area contributed by atoms with Gasteiger partial charge in [0.25, 0.3) is 0 Å². The fourth-order valence-corrected chi connectivity index (χ4v) is 1.75. The summed E-state index contributed by atoms with van der Waals surface area (Å²) in [4.78, 5) is 4.57. The molecule has 1 aromatic heterocycles. The van der Waals surface area contributed by atoms with Gasteiger partial charge in [-0.05, 0) is 18.4 Å². The zero-order chi connectivity index (χ0) is 11.5. The van der Waals surface area contributed by atoms with Gasteiger partial charge in [-0.25, -0.2) is 4.98 Å². The van der Waals surface area contributed by atoms with Crippen LogP contribution in [0.2, 0.25) is 0 Å². The van der Waals surface area contributed by atoms with Crippen LogP contribution in [-0.2, 0) is 6.54 Å². The maximum absolute atomic E-state index is 4.57. The molecule has 0 aliphatic carbocycles. The fourth-order valence-electron chi connectivity index (χ4n) is 1.75. The van der Waals surface area contributed by atoms with Crippen LogP contribution in [0.5, 0.6) is 0 Å². The molecule has 0 spiro atoms. The Balaban J connectivity index is 2.22. The van der Waals surface area contributed by atoms with E-state index in [1.54, 1.807) is 0 Å². The minimum Gasteiger partial charge on any atom is -0.330 e. The predicted molar refractivity (Wildman–Crippen MR) is 66.6 cm³/mol. The number of nitrogens with zero attached hydrogens (tertiary/aromatic N) is 2. The van der Waals surface area contributed by atoms with Crippen LogP contribution in [0.1, 0.15) is 36.8 Å². The Morgan fingerprint density at radius 2 is 1.88 bits per heavy atom. The van der Waals surface area contributed by atoms with Gasteiger partial charge in [0, 0.05) is 12.7 Å². The molecule has 0 unspecified atom stereocenters. The van der Waals surface area contributed by atoms with Gasteiger partial charge in [-0.3, -0.25) is 0 Å². The Kier molecular flexibility index (Phi) is 3.09. The first kappa shape index (κ1) is 10.9. The molecule has 1 heterocycles. The highest BCUT2D eigenvalue weighted by Crippen LogP contribution is 2.14. The zero-order valence-corrected chi connectivity index (χ0v) is 10.1. The summed E-state index contributed by atoms with van der Waals surface area (Å²) in [7, 11) is 0. The Bertz CT molecular complexity index is 455. The molecular weight excluding hydrogens is 196 g/mol. The molecule has 2 rings (SSSR count). The van der Waals surface area contributed by atoms with Crippen molar-refractivity contribution in [3.8, 4) is 0 Å². The predicted octanol–water partition coefficient (Wildman–Crippen LogP) is 3.36. The van der Waals surface area contributed by atoms with Crippen LogP contribution in [0.4, 0.5) is 0 Å². The molecule has 16 heavy (non-hydrogen) atoms. The summed E-state index contributed by atoms with van der Waals surface area (Å²) >= 11 is 0. The first-order valence-electron chi connectivity index (χ1n) is 5.74. The number of hydrogen-bond donors (Lipinski definition) is 0. The lowest BCUT2D eigenvalue weighted by Gasteiger charge is -2.04. The van der Waals surface area contributed by atoms with Crippen LogP contribution < -0.4 is 0 Å². The number of imidazole rings is 1. The van der Waals surface area contributed by atoms with Gasteiger partial charge < -0.3 is 4.57 Å². The summed E-state index contributed by atoms with van der Waals surface area (Å²) in [5.74, 6) is 1.59. The van der Waals surface area contributed by atoms with E-state index in [-0.39, 0.29) is 0 Å². The van der Waals surface area contributed by atoms with Crippen molar-refractivity contribution in [2.45, 2.75) is 33.2 Å². The van der Waals surface area contributed by atoms with E-state index < -0.39 is 0 Å². The highest BCUT2D eigenvalue weighted by molar-refractivity contribution is 5.17. The zero-order valence-electron chi connectivity index (χ0n) is 10.1. The molecule has 0 bridgehead atoms. The first-order chi connectivity index (χ1) is 7.66. The number of aryl methyl sites for hydroxylation is 1. The van der Waals surface area contributed by atoms with Gasteiger partial charge in [-0.2, -0.15) is 0 Å². The van der Waals surface area contributed by atoms with Crippen molar-refractivity contribution < 1.29 is 0 Å². The summed E-state index contributed by atoms with van der Waals surface area (Å²) in [5, 5.41) is 0. The average Bonchev–Trinajstić information content (AvgIpc) is 2.62. The molecule has 0 saturated heterocycles. The van der Waals surface area contributed by atoms with Crippen molar-refractivity contribution >= 4 is 0 Å². The van der Waals surface area contributed by atoms with Gasteiger partial charge in [0.1, 0.15) is 5.82 Å². The lowest BCUT2D eigenvalue weighted by molar-refractivity contribution is 0.761. The summed E-state index contributed by atoms with van der Waals surface area (Å²) in [6, 6.07) is 10.5. The number of aromatic nitrogens is 2. The molecule has 0 aliphatic heterocycles. The van der Waals surface area contributed by atoms with Crippen LogP contribution in [0.15, 0.2) is 36.5 Å². The molecule has 2 heteroatoms. The highest BCUT2D eigenvalue weighted by atomic mass is 15.1. The Hall–Kier alpha value is -1.57. The Labute approximate surface area is 97.0 Å². The Morgan fingerprint density at radius 3 is 2.44 bits per heavy atom. The molecule has 0 fully saturated rings. The van der Waals surface area contributed by atoms with E-state index in [4.69, 9.17) is 0 Å². The lowest BCUT2D eigenvalue weighted by atomic mass is 10.1. The quantitative estimate of drug-likeness (QED) is 0.766. The molecule has 1 aromatic carbocycles. The smallest absolute Gasteiger partial charge is 0.106 e. The summed E-state index contributed by atoms with van der Waals surface area (Å²) in [5.41, 5.74) is 2.49. The molecule has 0 saturated carbocycles. The van der Waals surface area contributed by atoms with Crippen molar-refractivity contribution in [1.82, 2.24) is 9.55 Å². The lowest BCUT2D eigenvalue weighted by Crippen LogP contribution is -2.00. The second-order valence-electron chi connectivity index (χ2n) is 4.48. The number of benzene rings is 1. The van der Waals surface area contributed by atoms with Gasteiger partial charge in [0.15, 0.2) is 0 Å². The van der Waals surface area contributed by atoms with Crippen LogP contribution in [-0.4, -0.2) is 9.55 Å². The van der Waals surface area contributed by atoms with Crippen molar-refractivity contribution in [3.63, 3.8) is 0 Å². The molecular formula is C14H18N2. The van der Waals surface area contributed by atoms with Crippen molar-refractivity contribution in [1.29, 1.82) is 0 Å². The average molecular weight is 214 g/mol. The summed E-state index contributed by atoms with van der Waals surface area (Å²) in [6.45, 7) is 7.32. The number of rotatable bonds is 3. The van der Waals surface area contributed by atoms with E-state index in [9.17, 15) is 0 Å². The number of hydrogen-bond acceptors (Lipinski definition) is 1. The molecule has 0 aliphatic rings. The minimum atomic E-state index is 0.496. The fraction of sp³-hybridized carbons (Fsp3) is 0.357. The first-order valence-corrected chi connectivity index (χ1v) is 5.74. The third-order valence-corrected chi connectivity index (χ3v) is 2.78. The van der Waals surface area contributed by atoms with Crippen molar-refractivity contribution in [2.24, 2.45) is 0 Å². The van der Waals surface area contributed by atoms with E-state index in [0.717, 1.165) is 12.4 Å². The highest BCUT2D eigenvalue weighted by Gasteiger charge is 2.07. The van der Waals surface area contributed by atoms with Crippen LogP contribution in [0.3, 0.4) is 0 Å².